The Balaban J connectivity index is 2.53. The predicted molar refractivity (Wildman–Crippen MR) is 65.1 cm³/mol. The highest BCUT2D eigenvalue weighted by Gasteiger charge is 2.00. The van der Waals surface area contributed by atoms with Crippen molar-refractivity contribution in [1.82, 2.24) is 4.98 Å². The maximum Gasteiger partial charge on any atom is 0.122 e. The van der Waals surface area contributed by atoms with Crippen molar-refractivity contribution in [2.75, 3.05) is 19.0 Å². The van der Waals surface area contributed by atoms with Crippen LogP contribution in [0.4, 0.5) is 5.69 Å². The van der Waals surface area contributed by atoms with Crippen LogP contribution >= 0.6 is 12.2 Å². The number of hydrogen-bond donors (Lipinski definition) is 2. The molecule has 0 aromatic carbocycles. The quantitative estimate of drug-likeness (QED) is 0.736. The molecule has 0 saturated carbocycles. The molecule has 82 valence electrons. The second-order valence-corrected chi connectivity index (χ2v) is 3.66. The lowest BCUT2D eigenvalue weighted by atomic mass is 10.3. The molecule has 0 fully saturated rings. The number of ether oxygens (including phenoxy) is 1. The SMILES string of the molecule is COC(C)CNc1ccc(C(N)=S)nc1. The van der Waals surface area contributed by atoms with E-state index in [1.165, 1.54) is 0 Å². The van der Waals surface area contributed by atoms with E-state index in [1.807, 2.05) is 13.0 Å². The molecular formula is C10H15N3OS. The average Bonchev–Trinajstić information content (AvgIpc) is 2.26. The van der Waals surface area contributed by atoms with Crippen LogP contribution in [0.3, 0.4) is 0 Å². The van der Waals surface area contributed by atoms with Crippen LogP contribution in [0.25, 0.3) is 0 Å². The number of rotatable bonds is 5. The highest BCUT2D eigenvalue weighted by Crippen LogP contribution is 2.06. The summed E-state index contributed by atoms with van der Waals surface area (Å²) in [4.78, 5) is 4.42. The van der Waals surface area contributed by atoms with Gasteiger partial charge in [-0.1, -0.05) is 12.2 Å². The van der Waals surface area contributed by atoms with Gasteiger partial charge in [-0.25, -0.2) is 0 Å². The molecule has 0 amide bonds. The number of nitrogens with zero attached hydrogens (tertiary/aromatic N) is 1. The Bertz CT molecular complexity index is 326. The third kappa shape index (κ3) is 3.81. The van der Waals surface area contributed by atoms with Crippen molar-refractivity contribution in [3.63, 3.8) is 0 Å². The lowest BCUT2D eigenvalue weighted by Gasteiger charge is -2.11. The van der Waals surface area contributed by atoms with E-state index >= 15 is 0 Å². The number of nitrogens with two attached hydrogens (primary N) is 1. The molecule has 0 aliphatic rings. The van der Waals surface area contributed by atoms with Gasteiger partial charge in [0.15, 0.2) is 0 Å². The third-order valence-electron chi connectivity index (χ3n) is 2.01. The summed E-state index contributed by atoms with van der Waals surface area (Å²) < 4.78 is 5.11. The van der Waals surface area contributed by atoms with E-state index in [0.717, 1.165) is 12.2 Å². The summed E-state index contributed by atoms with van der Waals surface area (Å²) in [7, 11) is 1.68. The summed E-state index contributed by atoms with van der Waals surface area (Å²) in [6.07, 6.45) is 1.87. The van der Waals surface area contributed by atoms with E-state index in [-0.39, 0.29) is 6.10 Å². The van der Waals surface area contributed by atoms with Gasteiger partial charge >= 0.3 is 0 Å². The molecule has 1 aromatic heterocycles. The molecule has 1 unspecified atom stereocenters. The van der Waals surface area contributed by atoms with Crippen molar-refractivity contribution in [1.29, 1.82) is 0 Å². The Morgan fingerprint density at radius 3 is 2.87 bits per heavy atom. The first kappa shape index (κ1) is 11.9. The van der Waals surface area contributed by atoms with Gasteiger partial charge in [-0.2, -0.15) is 0 Å². The fraction of sp³-hybridized carbons (Fsp3) is 0.400. The van der Waals surface area contributed by atoms with Crippen LogP contribution in [0.5, 0.6) is 0 Å². The summed E-state index contributed by atoms with van der Waals surface area (Å²) in [5.41, 5.74) is 7.00. The van der Waals surface area contributed by atoms with Gasteiger partial charge in [-0.3, -0.25) is 4.98 Å². The number of hydrogen-bond acceptors (Lipinski definition) is 4. The van der Waals surface area contributed by atoms with E-state index in [2.05, 4.69) is 10.3 Å². The molecule has 4 nitrogen and oxygen atoms in total. The van der Waals surface area contributed by atoms with Gasteiger partial charge in [0.1, 0.15) is 4.99 Å². The van der Waals surface area contributed by atoms with Gasteiger partial charge in [0.05, 0.1) is 23.7 Å². The highest BCUT2D eigenvalue weighted by atomic mass is 32.1. The number of aromatic nitrogens is 1. The van der Waals surface area contributed by atoms with Crippen LogP contribution in [0.2, 0.25) is 0 Å². The van der Waals surface area contributed by atoms with Gasteiger partial charge in [-0.15, -0.1) is 0 Å². The van der Waals surface area contributed by atoms with Gasteiger partial charge in [0.2, 0.25) is 0 Å². The maximum atomic E-state index is 5.44. The third-order valence-corrected chi connectivity index (χ3v) is 2.22. The molecule has 0 radical (unpaired) electrons. The minimum atomic E-state index is 0.167. The van der Waals surface area contributed by atoms with Crippen LogP contribution in [-0.4, -0.2) is 29.7 Å². The molecular weight excluding hydrogens is 210 g/mol. The summed E-state index contributed by atoms with van der Waals surface area (Å²) >= 11 is 4.81. The van der Waals surface area contributed by atoms with Crippen molar-refractivity contribution < 1.29 is 4.74 Å². The minimum Gasteiger partial charge on any atom is -0.388 e. The smallest absolute Gasteiger partial charge is 0.122 e. The predicted octanol–water partition coefficient (Wildman–Crippen LogP) is 1.16. The number of methoxy groups -OCH3 is 1. The Kier molecular flexibility index (Phi) is 4.45. The zero-order valence-corrected chi connectivity index (χ0v) is 9.67. The zero-order valence-electron chi connectivity index (χ0n) is 8.86. The largest absolute Gasteiger partial charge is 0.388 e. The van der Waals surface area contributed by atoms with Crippen LogP contribution < -0.4 is 11.1 Å². The molecule has 3 N–H and O–H groups in total. The van der Waals surface area contributed by atoms with Crippen LogP contribution in [0.1, 0.15) is 12.6 Å². The topological polar surface area (TPSA) is 60.2 Å². The van der Waals surface area contributed by atoms with E-state index in [4.69, 9.17) is 22.7 Å². The molecule has 1 rings (SSSR count). The number of anilines is 1. The molecule has 1 heterocycles. The van der Waals surface area contributed by atoms with Crippen LogP contribution in [0, 0.1) is 0 Å². The molecule has 0 aliphatic heterocycles. The normalized spacial score (nSPS) is 12.1. The summed E-state index contributed by atoms with van der Waals surface area (Å²) in [5, 5.41) is 3.19. The second-order valence-electron chi connectivity index (χ2n) is 3.22. The van der Waals surface area contributed by atoms with E-state index in [0.29, 0.717) is 10.7 Å². The first-order chi connectivity index (χ1) is 7.13. The molecule has 15 heavy (non-hydrogen) atoms. The fourth-order valence-electron chi connectivity index (χ4n) is 0.989. The molecule has 5 heteroatoms. The minimum absolute atomic E-state index is 0.167. The second kappa shape index (κ2) is 5.63. The van der Waals surface area contributed by atoms with Gasteiger partial charge in [0, 0.05) is 13.7 Å². The van der Waals surface area contributed by atoms with Crippen LogP contribution in [-0.2, 0) is 4.74 Å². The molecule has 0 aliphatic carbocycles. The molecule has 0 spiro atoms. The molecule has 1 atom stereocenters. The number of pyridine rings is 1. The Morgan fingerprint density at radius 2 is 2.40 bits per heavy atom. The lowest BCUT2D eigenvalue weighted by molar-refractivity contribution is 0.129. The Morgan fingerprint density at radius 1 is 1.67 bits per heavy atom. The molecule has 0 saturated heterocycles. The fourth-order valence-corrected chi connectivity index (χ4v) is 1.11. The van der Waals surface area contributed by atoms with Gasteiger partial charge in [-0.05, 0) is 19.1 Å². The standard InChI is InChI=1S/C10H15N3OS/c1-7(14-2)5-12-8-3-4-9(10(11)15)13-6-8/h3-4,6-7,12H,5H2,1-2H3,(H2,11,15). The van der Waals surface area contributed by atoms with Crippen molar-refractivity contribution in [3.05, 3.63) is 24.0 Å². The van der Waals surface area contributed by atoms with E-state index in [1.54, 1.807) is 19.4 Å². The van der Waals surface area contributed by atoms with E-state index in [9.17, 15) is 0 Å². The number of nitrogens with one attached hydrogen (secondary N) is 1. The lowest BCUT2D eigenvalue weighted by Crippen LogP contribution is -2.18. The average molecular weight is 225 g/mol. The molecule has 1 aromatic rings. The van der Waals surface area contributed by atoms with Crippen molar-refractivity contribution in [2.24, 2.45) is 5.73 Å². The Hall–Kier alpha value is -1.20. The van der Waals surface area contributed by atoms with Crippen molar-refractivity contribution in [2.45, 2.75) is 13.0 Å². The zero-order chi connectivity index (χ0) is 11.3. The van der Waals surface area contributed by atoms with Crippen LogP contribution in [0.15, 0.2) is 18.3 Å². The Labute approximate surface area is 94.8 Å². The summed E-state index contributed by atoms with van der Waals surface area (Å²) in [6.45, 7) is 2.73. The summed E-state index contributed by atoms with van der Waals surface area (Å²) in [5.74, 6) is 0. The summed E-state index contributed by atoms with van der Waals surface area (Å²) in [6, 6.07) is 3.69. The highest BCUT2D eigenvalue weighted by molar-refractivity contribution is 7.80. The monoisotopic (exact) mass is 225 g/mol. The first-order valence-electron chi connectivity index (χ1n) is 4.66. The molecule has 0 bridgehead atoms. The van der Waals surface area contributed by atoms with Crippen molar-refractivity contribution in [3.8, 4) is 0 Å². The first-order valence-corrected chi connectivity index (χ1v) is 5.07. The number of thiocarbonyl (C=S) groups is 1. The van der Waals surface area contributed by atoms with Gasteiger partial charge < -0.3 is 15.8 Å². The maximum absolute atomic E-state index is 5.44. The van der Waals surface area contributed by atoms with Crippen molar-refractivity contribution >= 4 is 22.9 Å². The van der Waals surface area contributed by atoms with Gasteiger partial charge in [0.25, 0.3) is 0 Å². The van der Waals surface area contributed by atoms with E-state index < -0.39 is 0 Å².